The Morgan fingerprint density at radius 3 is 2.50 bits per heavy atom. The molecule has 3 N–H and O–H groups in total. The summed E-state index contributed by atoms with van der Waals surface area (Å²) in [5, 5.41) is 0. The molecule has 0 radical (unpaired) electrons. The van der Waals surface area contributed by atoms with Crippen LogP contribution in [0.4, 0.5) is 10.1 Å². The summed E-state index contributed by atoms with van der Waals surface area (Å²) in [5.41, 5.74) is 6.11. The van der Waals surface area contributed by atoms with Gasteiger partial charge in [-0.3, -0.25) is 0 Å². The third kappa shape index (κ3) is 2.22. The lowest BCUT2D eigenvalue weighted by atomic mass is 9.94. The number of halogens is 1. The van der Waals surface area contributed by atoms with Gasteiger partial charge >= 0.3 is 0 Å². The summed E-state index contributed by atoms with van der Waals surface area (Å²) in [4.78, 5) is 0.105. The van der Waals surface area contributed by atoms with Gasteiger partial charge in [0.25, 0.3) is 0 Å². The summed E-state index contributed by atoms with van der Waals surface area (Å²) in [6.45, 7) is 3.10. The Labute approximate surface area is 106 Å². The zero-order valence-corrected chi connectivity index (χ0v) is 11.3. The molecule has 1 fully saturated rings. The van der Waals surface area contributed by atoms with Crippen molar-refractivity contribution < 1.29 is 12.8 Å². The molecule has 0 aliphatic heterocycles. The highest BCUT2D eigenvalue weighted by atomic mass is 32.2. The third-order valence-corrected chi connectivity index (χ3v) is 5.21. The van der Waals surface area contributed by atoms with Gasteiger partial charge in [-0.15, -0.1) is 0 Å². The van der Waals surface area contributed by atoms with Gasteiger partial charge in [0.05, 0.1) is 10.6 Å². The summed E-state index contributed by atoms with van der Waals surface area (Å²) < 4.78 is 40.5. The summed E-state index contributed by atoms with van der Waals surface area (Å²) >= 11 is 0. The van der Waals surface area contributed by atoms with Crippen LogP contribution in [0.5, 0.6) is 0 Å². The van der Waals surface area contributed by atoms with Gasteiger partial charge in [0.1, 0.15) is 5.82 Å². The highest BCUT2D eigenvalue weighted by Crippen LogP contribution is 2.29. The molecule has 1 aromatic carbocycles. The summed E-state index contributed by atoms with van der Waals surface area (Å²) in [7, 11) is -3.62. The molecule has 1 aromatic rings. The second-order valence-electron chi connectivity index (χ2n) is 4.79. The number of hydrogen-bond donors (Lipinski definition) is 2. The van der Waals surface area contributed by atoms with E-state index >= 15 is 0 Å². The normalized spacial score (nSPS) is 16.6. The van der Waals surface area contributed by atoms with Gasteiger partial charge in [0, 0.05) is 6.04 Å². The number of benzene rings is 1. The number of nitrogen functional groups attached to an aromatic ring is 1. The Kier molecular flexibility index (Phi) is 3.33. The Morgan fingerprint density at radius 2 is 2.00 bits per heavy atom. The molecule has 0 aromatic heterocycles. The zero-order chi connectivity index (χ0) is 13.5. The Hall–Kier alpha value is -1.14. The van der Waals surface area contributed by atoms with E-state index in [1.807, 2.05) is 0 Å². The van der Waals surface area contributed by atoms with E-state index in [-0.39, 0.29) is 22.2 Å². The summed E-state index contributed by atoms with van der Waals surface area (Å²) in [6.07, 6.45) is 2.75. The summed E-state index contributed by atoms with van der Waals surface area (Å²) in [5.74, 6) is -0.576. The van der Waals surface area contributed by atoms with Crippen molar-refractivity contribution in [2.75, 3.05) is 5.73 Å². The molecule has 0 bridgehead atoms. The Morgan fingerprint density at radius 1 is 1.39 bits per heavy atom. The Bertz CT molecular complexity index is 580. The topological polar surface area (TPSA) is 72.2 Å². The van der Waals surface area contributed by atoms with E-state index in [4.69, 9.17) is 5.73 Å². The Balaban J connectivity index is 2.46. The first-order chi connectivity index (χ1) is 8.33. The fourth-order valence-electron chi connectivity index (χ4n) is 2.15. The molecular formula is C12H17FN2O2S. The first-order valence-electron chi connectivity index (χ1n) is 5.90. The van der Waals surface area contributed by atoms with Crippen LogP contribution in [-0.2, 0) is 10.0 Å². The SMILES string of the molecule is Cc1cc(F)c(N)c(C)c1S(=O)(=O)NC1CCC1. The largest absolute Gasteiger partial charge is 0.396 e. The number of nitrogens with one attached hydrogen (secondary N) is 1. The van der Waals surface area contributed by atoms with Crippen LogP contribution in [0, 0.1) is 19.7 Å². The molecular weight excluding hydrogens is 255 g/mol. The van der Waals surface area contributed by atoms with Gasteiger partial charge < -0.3 is 5.73 Å². The fraction of sp³-hybridized carbons (Fsp3) is 0.500. The lowest BCUT2D eigenvalue weighted by molar-refractivity contribution is 0.383. The van der Waals surface area contributed by atoms with Gasteiger partial charge in [-0.2, -0.15) is 0 Å². The number of hydrogen-bond acceptors (Lipinski definition) is 3. The van der Waals surface area contributed by atoms with Gasteiger partial charge in [0.2, 0.25) is 10.0 Å². The molecule has 18 heavy (non-hydrogen) atoms. The van der Waals surface area contributed by atoms with Crippen molar-refractivity contribution >= 4 is 15.7 Å². The van der Waals surface area contributed by atoms with Crippen LogP contribution >= 0.6 is 0 Å². The van der Waals surface area contributed by atoms with E-state index in [0.717, 1.165) is 25.3 Å². The average Bonchev–Trinajstić information content (AvgIpc) is 2.20. The molecule has 4 nitrogen and oxygen atoms in total. The van der Waals surface area contributed by atoms with Crippen molar-refractivity contribution in [3.05, 3.63) is 23.0 Å². The highest BCUT2D eigenvalue weighted by molar-refractivity contribution is 7.89. The molecule has 1 saturated carbocycles. The van der Waals surface area contributed by atoms with E-state index in [1.165, 1.54) is 6.92 Å². The standard InChI is InChI=1S/C12H17FN2O2S/c1-7-6-10(13)11(14)8(2)12(7)18(16,17)15-9-4-3-5-9/h6,9,15H,3-5,14H2,1-2H3. The van der Waals surface area contributed by atoms with Crippen LogP contribution in [0.3, 0.4) is 0 Å². The van der Waals surface area contributed by atoms with Crippen molar-refractivity contribution in [1.29, 1.82) is 0 Å². The number of aryl methyl sites for hydroxylation is 1. The van der Waals surface area contributed by atoms with E-state index < -0.39 is 15.8 Å². The lowest BCUT2D eigenvalue weighted by Gasteiger charge is -2.27. The third-order valence-electron chi connectivity index (χ3n) is 3.40. The molecule has 0 amide bonds. The van der Waals surface area contributed by atoms with Crippen molar-refractivity contribution in [3.63, 3.8) is 0 Å². The van der Waals surface area contributed by atoms with Crippen LogP contribution in [0.15, 0.2) is 11.0 Å². The van der Waals surface area contributed by atoms with E-state index in [0.29, 0.717) is 5.56 Å². The van der Waals surface area contributed by atoms with Crippen molar-refractivity contribution in [1.82, 2.24) is 4.72 Å². The fourth-order valence-corrected chi connectivity index (χ4v) is 3.94. The maximum absolute atomic E-state index is 13.4. The van der Waals surface area contributed by atoms with E-state index in [1.54, 1.807) is 6.92 Å². The monoisotopic (exact) mass is 272 g/mol. The second kappa shape index (κ2) is 4.51. The summed E-state index contributed by atoms with van der Waals surface area (Å²) in [6, 6.07) is 1.16. The molecule has 0 spiro atoms. The quantitative estimate of drug-likeness (QED) is 0.825. The van der Waals surface area contributed by atoms with Crippen LogP contribution in [0.25, 0.3) is 0 Å². The maximum atomic E-state index is 13.4. The highest BCUT2D eigenvalue weighted by Gasteiger charge is 2.28. The molecule has 1 aliphatic carbocycles. The van der Waals surface area contributed by atoms with E-state index in [2.05, 4.69) is 4.72 Å². The number of nitrogens with two attached hydrogens (primary N) is 1. The molecule has 0 heterocycles. The molecule has 2 rings (SSSR count). The maximum Gasteiger partial charge on any atom is 0.241 e. The molecule has 0 saturated heterocycles. The zero-order valence-electron chi connectivity index (χ0n) is 10.5. The van der Waals surface area contributed by atoms with E-state index in [9.17, 15) is 12.8 Å². The van der Waals surface area contributed by atoms with Crippen LogP contribution in [-0.4, -0.2) is 14.5 Å². The minimum Gasteiger partial charge on any atom is -0.396 e. The van der Waals surface area contributed by atoms with Crippen molar-refractivity contribution in [2.24, 2.45) is 0 Å². The molecule has 6 heteroatoms. The predicted octanol–water partition coefficient (Wildman–Crippen LogP) is 1.86. The number of anilines is 1. The minimum atomic E-state index is -3.62. The van der Waals surface area contributed by atoms with Crippen LogP contribution < -0.4 is 10.5 Å². The van der Waals surface area contributed by atoms with Gasteiger partial charge in [-0.05, 0) is 43.9 Å². The van der Waals surface area contributed by atoms with Gasteiger partial charge in [0.15, 0.2) is 0 Å². The smallest absolute Gasteiger partial charge is 0.241 e. The van der Waals surface area contributed by atoms with Crippen molar-refractivity contribution in [3.8, 4) is 0 Å². The first-order valence-corrected chi connectivity index (χ1v) is 7.38. The van der Waals surface area contributed by atoms with Crippen molar-refractivity contribution in [2.45, 2.75) is 44.0 Å². The van der Waals surface area contributed by atoms with Crippen LogP contribution in [0.1, 0.15) is 30.4 Å². The lowest BCUT2D eigenvalue weighted by Crippen LogP contribution is -2.40. The van der Waals surface area contributed by atoms with Gasteiger partial charge in [-0.1, -0.05) is 6.42 Å². The average molecular weight is 272 g/mol. The van der Waals surface area contributed by atoms with Crippen LogP contribution in [0.2, 0.25) is 0 Å². The molecule has 0 unspecified atom stereocenters. The number of sulfonamides is 1. The number of rotatable bonds is 3. The molecule has 100 valence electrons. The predicted molar refractivity (Wildman–Crippen MR) is 68.2 cm³/mol. The van der Waals surface area contributed by atoms with Gasteiger partial charge in [-0.25, -0.2) is 17.5 Å². The molecule has 1 aliphatic rings. The first kappa shape index (κ1) is 13.3. The molecule has 0 atom stereocenters. The second-order valence-corrected chi connectivity index (χ2v) is 6.44. The minimum absolute atomic E-state index is 0.0000718.